The van der Waals surface area contributed by atoms with Gasteiger partial charge in [0.05, 0.1) is 4.92 Å². The second-order valence-corrected chi connectivity index (χ2v) is 4.34. The van der Waals surface area contributed by atoms with Crippen LogP contribution in [0, 0.1) is 22.9 Å². The summed E-state index contributed by atoms with van der Waals surface area (Å²) in [6.07, 6.45) is 0. The molecule has 9 heteroatoms. The number of halogens is 3. The summed E-state index contributed by atoms with van der Waals surface area (Å²) in [4.78, 5) is 13.4. The number of nitro groups is 1. The lowest BCUT2D eigenvalue weighted by Crippen LogP contribution is -2.40. The highest BCUT2D eigenvalue weighted by Crippen LogP contribution is 2.40. The maximum Gasteiger partial charge on any atom is 0.307 e. The highest BCUT2D eigenvalue weighted by molar-refractivity contribution is 5.72. The highest BCUT2D eigenvalue weighted by Gasteiger charge is 2.46. The molecule has 2 rings (SSSR count). The standard InChI is InChI=1S/C11H10F3N3O3/c1-5-2-7(12)6(3-8(5)17(18)19)9-11(13,14)4-20-10(15)16-9/h2-3,9H,4H2,1H3,(H2,15,16). The third-order valence-corrected chi connectivity index (χ3v) is 2.88. The second kappa shape index (κ2) is 4.66. The minimum absolute atomic E-state index is 0.0311. The maximum absolute atomic E-state index is 13.8. The lowest BCUT2D eigenvalue weighted by atomic mass is 9.98. The van der Waals surface area contributed by atoms with Gasteiger partial charge in [-0.05, 0) is 13.0 Å². The van der Waals surface area contributed by atoms with Crippen molar-refractivity contribution in [2.75, 3.05) is 6.61 Å². The molecule has 6 nitrogen and oxygen atoms in total. The van der Waals surface area contributed by atoms with Crippen LogP contribution >= 0.6 is 0 Å². The first kappa shape index (κ1) is 14.1. The van der Waals surface area contributed by atoms with Gasteiger partial charge < -0.3 is 10.5 Å². The van der Waals surface area contributed by atoms with E-state index in [2.05, 4.69) is 9.73 Å². The van der Waals surface area contributed by atoms with Crippen molar-refractivity contribution in [2.45, 2.75) is 18.9 Å². The number of rotatable bonds is 2. The van der Waals surface area contributed by atoms with Gasteiger partial charge in [0.1, 0.15) is 5.82 Å². The molecule has 0 saturated carbocycles. The van der Waals surface area contributed by atoms with Crippen LogP contribution in [-0.4, -0.2) is 23.5 Å². The third-order valence-electron chi connectivity index (χ3n) is 2.88. The maximum atomic E-state index is 13.8. The number of alkyl halides is 2. The summed E-state index contributed by atoms with van der Waals surface area (Å²) in [5.74, 6) is -4.51. The van der Waals surface area contributed by atoms with Gasteiger partial charge in [0.2, 0.25) is 0 Å². The molecule has 1 heterocycles. The van der Waals surface area contributed by atoms with Crippen LogP contribution in [0.1, 0.15) is 17.2 Å². The lowest BCUT2D eigenvalue weighted by molar-refractivity contribution is -0.385. The first-order valence-corrected chi connectivity index (χ1v) is 5.50. The van der Waals surface area contributed by atoms with Gasteiger partial charge in [-0.3, -0.25) is 10.1 Å². The number of amidine groups is 1. The van der Waals surface area contributed by atoms with Crippen molar-refractivity contribution in [1.29, 1.82) is 0 Å². The number of aryl methyl sites for hydroxylation is 1. The van der Waals surface area contributed by atoms with E-state index in [0.29, 0.717) is 0 Å². The number of nitro benzene ring substituents is 1. The average Bonchev–Trinajstić information content (AvgIpc) is 2.32. The Bertz CT molecular complexity index is 604. The number of ether oxygens (including phenoxy) is 1. The van der Waals surface area contributed by atoms with Gasteiger partial charge in [0.25, 0.3) is 11.7 Å². The van der Waals surface area contributed by atoms with Gasteiger partial charge in [-0.25, -0.2) is 18.2 Å². The molecule has 1 atom stereocenters. The van der Waals surface area contributed by atoms with Crippen molar-refractivity contribution in [3.63, 3.8) is 0 Å². The third kappa shape index (κ3) is 2.38. The average molecular weight is 289 g/mol. The predicted octanol–water partition coefficient (Wildman–Crippen LogP) is 2.06. The number of nitrogens with zero attached hydrogens (tertiary/aromatic N) is 2. The zero-order chi connectivity index (χ0) is 15.1. The number of aliphatic imine (C=N–C) groups is 1. The fourth-order valence-electron chi connectivity index (χ4n) is 1.89. The van der Waals surface area contributed by atoms with Crippen molar-refractivity contribution in [1.82, 2.24) is 0 Å². The summed E-state index contributed by atoms with van der Waals surface area (Å²) in [6, 6.07) is -0.880. The summed E-state index contributed by atoms with van der Waals surface area (Å²) < 4.78 is 45.7. The molecular weight excluding hydrogens is 279 g/mol. The van der Waals surface area contributed by atoms with Crippen molar-refractivity contribution >= 4 is 11.7 Å². The van der Waals surface area contributed by atoms with E-state index < -0.39 is 46.6 Å². The fourth-order valence-corrected chi connectivity index (χ4v) is 1.89. The summed E-state index contributed by atoms with van der Waals surface area (Å²) >= 11 is 0. The second-order valence-electron chi connectivity index (χ2n) is 4.34. The van der Waals surface area contributed by atoms with E-state index in [-0.39, 0.29) is 5.56 Å². The van der Waals surface area contributed by atoms with Gasteiger partial charge in [-0.15, -0.1) is 0 Å². The van der Waals surface area contributed by atoms with Crippen molar-refractivity contribution < 1.29 is 22.8 Å². The minimum atomic E-state index is -3.51. The molecule has 0 amide bonds. The SMILES string of the molecule is Cc1cc(F)c(C2N=C(N)OCC2(F)F)cc1[N+](=O)[O-]. The van der Waals surface area contributed by atoms with Gasteiger partial charge in [-0.1, -0.05) is 0 Å². The molecule has 108 valence electrons. The summed E-state index contributed by atoms with van der Waals surface area (Å²) in [5.41, 5.74) is 4.19. The number of hydrogen-bond acceptors (Lipinski definition) is 5. The Labute approximate surface area is 111 Å². The summed E-state index contributed by atoms with van der Waals surface area (Å²) in [5, 5.41) is 10.8. The van der Waals surface area contributed by atoms with Gasteiger partial charge in [0.15, 0.2) is 12.6 Å². The molecule has 0 radical (unpaired) electrons. The molecule has 0 saturated heterocycles. The molecule has 1 aliphatic rings. The fraction of sp³-hybridized carbons (Fsp3) is 0.364. The van der Waals surface area contributed by atoms with E-state index >= 15 is 0 Å². The number of benzene rings is 1. The Hall–Kier alpha value is -2.32. The zero-order valence-electron chi connectivity index (χ0n) is 10.3. The summed E-state index contributed by atoms with van der Waals surface area (Å²) in [6.45, 7) is 0.249. The van der Waals surface area contributed by atoms with Crippen LogP contribution in [-0.2, 0) is 4.74 Å². The molecule has 1 unspecified atom stereocenters. The van der Waals surface area contributed by atoms with Crippen LogP contribution in [0.5, 0.6) is 0 Å². The molecule has 0 bridgehead atoms. The molecule has 2 N–H and O–H groups in total. The van der Waals surface area contributed by atoms with E-state index in [9.17, 15) is 23.3 Å². The smallest absolute Gasteiger partial charge is 0.307 e. The van der Waals surface area contributed by atoms with Gasteiger partial charge in [0, 0.05) is 17.2 Å². The number of hydrogen-bond donors (Lipinski definition) is 1. The molecule has 1 aromatic rings. The van der Waals surface area contributed by atoms with Crippen LogP contribution in [0.15, 0.2) is 17.1 Å². The van der Waals surface area contributed by atoms with Gasteiger partial charge >= 0.3 is 5.92 Å². The van der Waals surface area contributed by atoms with Crippen molar-refractivity contribution in [3.8, 4) is 0 Å². The lowest BCUT2D eigenvalue weighted by Gasteiger charge is -2.28. The monoisotopic (exact) mass is 289 g/mol. The number of nitrogens with two attached hydrogens (primary N) is 1. The van der Waals surface area contributed by atoms with Crippen molar-refractivity contribution in [2.24, 2.45) is 10.7 Å². The van der Waals surface area contributed by atoms with Crippen LogP contribution in [0.4, 0.5) is 18.9 Å². The molecule has 1 aliphatic heterocycles. The highest BCUT2D eigenvalue weighted by atomic mass is 19.3. The molecular formula is C11H10F3N3O3. The molecule has 0 aliphatic carbocycles. The van der Waals surface area contributed by atoms with E-state index in [0.717, 1.165) is 12.1 Å². The Balaban J connectivity index is 2.59. The zero-order valence-corrected chi connectivity index (χ0v) is 10.3. The van der Waals surface area contributed by atoms with E-state index in [1.807, 2.05) is 0 Å². The Morgan fingerprint density at radius 1 is 1.55 bits per heavy atom. The van der Waals surface area contributed by atoms with Gasteiger partial charge in [-0.2, -0.15) is 0 Å². The Morgan fingerprint density at radius 2 is 2.20 bits per heavy atom. The Morgan fingerprint density at radius 3 is 2.80 bits per heavy atom. The largest absolute Gasteiger partial charge is 0.459 e. The van der Waals surface area contributed by atoms with Crippen LogP contribution < -0.4 is 5.73 Å². The molecule has 0 aromatic heterocycles. The van der Waals surface area contributed by atoms with E-state index in [4.69, 9.17) is 5.73 Å². The van der Waals surface area contributed by atoms with E-state index in [1.54, 1.807) is 0 Å². The van der Waals surface area contributed by atoms with Crippen LogP contribution in [0.25, 0.3) is 0 Å². The molecule has 1 aromatic carbocycles. The quantitative estimate of drug-likeness (QED) is 0.666. The topological polar surface area (TPSA) is 90.8 Å². The molecule has 0 spiro atoms. The van der Waals surface area contributed by atoms with E-state index in [1.165, 1.54) is 6.92 Å². The summed E-state index contributed by atoms with van der Waals surface area (Å²) in [7, 11) is 0. The first-order chi connectivity index (χ1) is 9.22. The molecule has 20 heavy (non-hydrogen) atoms. The van der Waals surface area contributed by atoms with Crippen LogP contribution in [0.3, 0.4) is 0 Å². The normalized spacial score (nSPS) is 21.0. The molecule has 0 fully saturated rings. The minimum Gasteiger partial charge on any atom is -0.459 e. The van der Waals surface area contributed by atoms with Crippen LogP contribution in [0.2, 0.25) is 0 Å². The predicted molar refractivity (Wildman–Crippen MR) is 63.1 cm³/mol. The first-order valence-electron chi connectivity index (χ1n) is 5.50. The Kier molecular flexibility index (Phi) is 3.28. The van der Waals surface area contributed by atoms with Crippen molar-refractivity contribution in [3.05, 3.63) is 39.2 Å².